The summed E-state index contributed by atoms with van der Waals surface area (Å²) in [4.78, 5) is 17.9. The number of ether oxygens (including phenoxy) is 2. The Morgan fingerprint density at radius 3 is 2.70 bits per heavy atom. The van der Waals surface area contributed by atoms with Crippen LogP contribution in [0.15, 0.2) is 48.7 Å². The second-order valence-electron chi connectivity index (χ2n) is 4.76. The summed E-state index contributed by atoms with van der Waals surface area (Å²) in [5.74, 6) is 1.12. The van der Waals surface area contributed by atoms with Crippen molar-refractivity contribution < 1.29 is 14.3 Å². The molecule has 2 rings (SSSR count). The highest BCUT2D eigenvalue weighted by Gasteiger charge is 2.09. The number of hydrogen-bond acceptors (Lipinski definition) is 4. The largest absolute Gasteiger partial charge is 0.493 e. The highest BCUT2D eigenvalue weighted by atomic mass is 16.5. The number of pyridine rings is 1. The molecule has 0 bridgehead atoms. The molecule has 5 heteroatoms. The van der Waals surface area contributed by atoms with E-state index >= 15 is 0 Å². The van der Waals surface area contributed by atoms with Gasteiger partial charge in [-0.25, -0.2) is 4.98 Å². The van der Waals surface area contributed by atoms with Crippen LogP contribution in [-0.2, 0) is 4.79 Å². The standard InChI is InChI=1S/C18H20N2O3/c1-4-23-16-8-6-5-7-14(16)9-12-18(21)20(2)15-10-11-17(22-3)19-13-15/h5-13H,4H2,1-3H3. The van der Waals surface area contributed by atoms with Crippen LogP contribution in [0.25, 0.3) is 6.08 Å². The van der Waals surface area contributed by atoms with Crippen molar-refractivity contribution in [3.05, 3.63) is 54.2 Å². The zero-order valence-corrected chi connectivity index (χ0v) is 13.5. The van der Waals surface area contributed by atoms with Crippen molar-refractivity contribution in [1.82, 2.24) is 4.98 Å². The van der Waals surface area contributed by atoms with Gasteiger partial charge in [0, 0.05) is 24.8 Å². The Bertz CT molecular complexity index is 681. The van der Waals surface area contributed by atoms with Gasteiger partial charge in [-0.2, -0.15) is 0 Å². The summed E-state index contributed by atoms with van der Waals surface area (Å²) in [6.45, 7) is 2.51. The van der Waals surface area contributed by atoms with E-state index in [1.807, 2.05) is 31.2 Å². The third kappa shape index (κ3) is 4.32. The van der Waals surface area contributed by atoms with E-state index in [-0.39, 0.29) is 5.91 Å². The van der Waals surface area contributed by atoms with Crippen LogP contribution < -0.4 is 14.4 Å². The van der Waals surface area contributed by atoms with Gasteiger partial charge in [0.15, 0.2) is 0 Å². The molecule has 5 nitrogen and oxygen atoms in total. The molecular formula is C18H20N2O3. The van der Waals surface area contributed by atoms with Crippen LogP contribution in [-0.4, -0.2) is 31.7 Å². The molecule has 0 N–H and O–H groups in total. The molecule has 0 fully saturated rings. The maximum atomic E-state index is 12.3. The zero-order valence-electron chi connectivity index (χ0n) is 13.5. The van der Waals surface area contributed by atoms with Gasteiger partial charge in [0.05, 0.1) is 25.6 Å². The summed E-state index contributed by atoms with van der Waals surface area (Å²) in [7, 11) is 3.25. The average Bonchev–Trinajstić information content (AvgIpc) is 2.60. The molecule has 23 heavy (non-hydrogen) atoms. The molecule has 0 saturated heterocycles. The Kier molecular flexibility index (Phi) is 5.74. The van der Waals surface area contributed by atoms with E-state index in [0.717, 1.165) is 11.3 Å². The molecule has 0 unspecified atom stereocenters. The number of likely N-dealkylation sites (N-methyl/N-ethyl adjacent to an activating group) is 1. The van der Waals surface area contributed by atoms with Gasteiger partial charge in [-0.05, 0) is 25.1 Å². The third-order valence-electron chi connectivity index (χ3n) is 3.27. The summed E-state index contributed by atoms with van der Waals surface area (Å²) in [5.41, 5.74) is 1.56. The first-order valence-corrected chi connectivity index (χ1v) is 7.33. The monoisotopic (exact) mass is 312 g/mol. The lowest BCUT2D eigenvalue weighted by molar-refractivity contribution is -0.113. The molecular weight excluding hydrogens is 292 g/mol. The number of hydrogen-bond donors (Lipinski definition) is 0. The van der Waals surface area contributed by atoms with Crippen molar-refractivity contribution in [3.8, 4) is 11.6 Å². The topological polar surface area (TPSA) is 51.7 Å². The molecule has 1 amide bonds. The molecule has 0 aliphatic carbocycles. The maximum Gasteiger partial charge on any atom is 0.250 e. The lowest BCUT2D eigenvalue weighted by Crippen LogP contribution is -2.24. The number of methoxy groups -OCH3 is 1. The van der Waals surface area contributed by atoms with Crippen LogP contribution in [0.2, 0.25) is 0 Å². The summed E-state index contributed by atoms with van der Waals surface area (Å²) < 4.78 is 10.5. The van der Waals surface area contributed by atoms with Gasteiger partial charge < -0.3 is 14.4 Å². The normalized spacial score (nSPS) is 10.6. The minimum Gasteiger partial charge on any atom is -0.493 e. The molecule has 0 saturated carbocycles. The van der Waals surface area contributed by atoms with Crippen LogP contribution in [0, 0.1) is 0 Å². The molecule has 1 aromatic carbocycles. The van der Waals surface area contributed by atoms with Crippen LogP contribution in [0.4, 0.5) is 5.69 Å². The van der Waals surface area contributed by atoms with Crippen molar-refractivity contribution in [2.45, 2.75) is 6.92 Å². The molecule has 1 heterocycles. The average molecular weight is 312 g/mol. The quantitative estimate of drug-likeness (QED) is 0.769. The maximum absolute atomic E-state index is 12.3. The summed E-state index contributed by atoms with van der Waals surface area (Å²) >= 11 is 0. The van der Waals surface area contributed by atoms with Crippen molar-refractivity contribution >= 4 is 17.7 Å². The molecule has 120 valence electrons. The first-order valence-electron chi connectivity index (χ1n) is 7.33. The second-order valence-corrected chi connectivity index (χ2v) is 4.76. The van der Waals surface area contributed by atoms with E-state index in [1.54, 1.807) is 38.6 Å². The number of nitrogens with zero attached hydrogens (tertiary/aromatic N) is 2. The SMILES string of the molecule is CCOc1ccccc1C=CC(=O)N(C)c1ccc(OC)nc1. The smallest absolute Gasteiger partial charge is 0.250 e. The minimum absolute atomic E-state index is 0.150. The highest BCUT2D eigenvalue weighted by molar-refractivity contribution is 6.03. The highest BCUT2D eigenvalue weighted by Crippen LogP contribution is 2.20. The number of rotatable bonds is 6. The molecule has 0 aliphatic rings. The Morgan fingerprint density at radius 2 is 2.04 bits per heavy atom. The Hall–Kier alpha value is -2.82. The fourth-order valence-electron chi connectivity index (χ4n) is 2.00. The van der Waals surface area contributed by atoms with Crippen molar-refractivity contribution in [2.24, 2.45) is 0 Å². The minimum atomic E-state index is -0.150. The number of benzene rings is 1. The predicted octanol–water partition coefficient (Wildman–Crippen LogP) is 3.17. The number of amides is 1. The fraction of sp³-hybridized carbons (Fsp3) is 0.222. The van der Waals surface area contributed by atoms with E-state index in [1.165, 1.54) is 11.0 Å². The van der Waals surface area contributed by atoms with Crippen molar-refractivity contribution in [1.29, 1.82) is 0 Å². The molecule has 0 aliphatic heterocycles. The summed E-state index contributed by atoms with van der Waals surface area (Å²) in [6.07, 6.45) is 4.86. The second kappa shape index (κ2) is 7.98. The number of para-hydroxylation sites is 1. The lowest BCUT2D eigenvalue weighted by Gasteiger charge is -2.15. The van der Waals surface area contributed by atoms with E-state index in [9.17, 15) is 4.79 Å². The molecule has 1 aromatic heterocycles. The Labute approximate surface area is 136 Å². The van der Waals surface area contributed by atoms with Gasteiger partial charge in [0.2, 0.25) is 5.88 Å². The van der Waals surface area contributed by atoms with Crippen LogP contribution in [0.5, 0.6) is 11.6 Å². The lowest BCUT2D eigenvalue weighted by atomic mass is 10.2. The van der Waals surface area contributed by atoms with Crippen LogP contribution in [0.1, 0.15) is 12.5 Å². The van der Waals surface area contributed by atoms with Gasteiger partial charge in [-0.3, -0.25) is 4.79 Å². The molecule has 0 atom stereocenters. The van der Waals surface area contributed by atoms with E-state index in [2.05, 4.69) is 4.98 Å². The Morgan fingerprint density at radius 1 is 1.26 bits per heavy atom. The van der Waals surface area contributed by atoms with Crippen molar-refractivity contribution in [3.63, 3.8) is 0 Å². The number of anilines is 1. The van der Waals surface area contributed by atoms with Crippen molar-refractivity contribution in [2.75, 3.05) is 25.7 Å². The third-order valence-corrected chi connectivity index (χ3v) is 3.27. The molecule has 2 aromatic rings. The van der Waals surface area contributed by atoms with E-state index in [0.29, 0.717) is 18.2 Å². The first kappa shape index (κ1) is 16.5. The van der Waals surface area contributed by atoms with Gasteiger partial charge >= 0.3 is 0 Å². The first-order chi connectivity index (χ1) is 11.2. The summed E-state index contributed by atoms with van der Waals surface area (Å²) in [6, 6.07) is 11.1. The van der Waals surface area contributed by atoms with Gasteiger partial charge in [0.1, 0.15) is 5.75 Å². The predicted molar refractivity (Wildman–Crippen MR) is 90.8 cm³/mol. The fourth-order valence-corrected chi connectivity index (χ4v) is 2.00. The van der Waals surface area contributed by atoms with Gasteiger partial charge in [-0.15, -0.1) is 0 Å². The number of aromatic nitrogens is 1. The summed E-state index contributed by atoms with van der Waals surface area (Å²) in [5, 5.41) is 0. The number of carbonyl (C=O) groups excluding carboxylic acids is 1. The molecule has 0 spiro atoms. The molecule has 0 radical (unpaired) electrons. The van der Waals surface area contributed by atoms with Crippen LogP contribution >= 0.6 is 0 Å². The van der Waals surface area contributed by atoms with Gasteiger partial charge in [-0.1, -0.05) is 18.2 Å². The van der Waals surface area contributed by atoms with Crippen LogP contribution in [0.3, 0.4) is 0 Å². The zero-order chi connectivity index (χ0) is 16.7. The van der Waals surface area contributed by atoms with E-state index < -0.39 is 0 Å². The number of carbonyl (C=O) groups is 1. The van der Waals surface area contributed by atoms with Gasteiger partial charge in [0.25, 0.3) is 5.91 Å². The Balaban J connectivity index is 2.11. The van der Waals surface area contributed by atoms with E-state index in [4.69, 9.17) is 9.47 Å².